The van der Waals surface area contributed by atoms with E-state index < -0.39 is 10.0 Å². The smallest absolute Gasteiger partial charge is 0.266 e. The highest BCUT2D eigenvalue weighted by molar-refractivity contribution is 9.10. The molecule has 1 N–H and O–H groups in total. The second-order valence-electron chi connectivity index (χ2n) is 3.90. The van der Waals surface area contributed by atoms with Crippen molar-refractivity contribution in [1.82, 2.24) is 13.9 Å². The van der Waals surface area contributed by atoms with Gasteiger partial charge in [-0.1, -0.05) is 11.2 Å². The van der Waals surface area contributed by atoms with E-state index in [0.717, 1.165) is 11.7 Å². The maximum Gasteiger partial charge on any atom is 0.266 e. The lowest BCUT2D eigenvalue weighted by Gasteiger charge is -2.05. The molecule has 0 bridgehead atoms. The molecule has 1 aromatic carbocycles. The summed E-state index contributed by atoms with van der Waals surface area (Å²) in [6.07, 6.45) is 0. The third kappa shape index (κ3) is 2.19. The van der Waals surface area contributed by atoms with Gasteiger partial charge < -0.3 is 4.52 Å². The standard InChI is InChI=1S/C10H7BrN4O3S2/c1-5-8(11)10(18-12-5)15-20(16,17)7-4-2-3-6-9(7)14-19-13-6/h2-4,15H,1H3. The van der Waals surface area contributed by atoms with Crippen LogP contribution in [0, 0.1) is 6.92 Å². The van der Waals surface area contributed by atoms with Crippen LogP contribution in [-0.4, -0.2) is 22.3 Å². The molecule has 0 unspecified atom stereocenters. The van der Waals surface area contributed by atoms with Crippen molar-refractivity contribution in [1.29, 1.82) is 0 Å². The molecule has 10 heteroatoms. The number of nitrogens with one attached hydrogen (secondary N) is 1. The van der Waals surface area contributed by atoms with E-state index in [4.69, 9.17) is 4.52 Å². The number of rotatable bonds is 3. The van der Waals surface area contributed by atoms with Crippen LogP contribution >= 0.6 is 27.7 Å². The molecule has 0 spiro atoms. The van der Waals surface area contributed by atoms with Crippen molar-refractivity contribution in [2.24, 2.45) is 0 Å². The quantitative estimate of drug-likeness (QED) is 0.756. The second-order valence-corrected chi connectivity index (χ2v) is 6.88. The molecule has 0 fully saturated rings. The molecule has 0 amide bonds. The molecule has 104 valence electrons. The molecule has 0 saturated heterocycles. The molecule has 3 rings (SSSR count). The summed E-state index contributed by atoms with van der Waals surface area (Å²) in [7, 11) is -3.83. The van der Waals surface area contributed by atoms with Gasteiger partial charge in [0.1, 0.15) is 20.4 Å². The minimum absolute atomic E-state index is 0.0303. The maximum absolute atomic E-state index is 12.4. The van der Waals surface area contributed by atoms with E-state index in [1.54, 1.807) is 19.1 Å². The summed E-state index contributed by atoms with van der Waals surface area (Å²) in [5.74, 6) is 0.0303. The van der Waals surface area contributed by atoms with Crippen molar-refractivity contribution >= 4 is 54.6 Å². The number of nitrogens with zero attached hydrogens (tertiary/aromatic N) is 3. The molecule has 0 aliphatic heterocycles. The number of sulfonamides is 1. The van der Waals surface area contributed by atoms with Crippen LogP contribution in [-0.2, 0) is 10.0 Å². The number of aromatic nitrogens is 3. The van der Waals surface area contributed by atoms with Gasteiger partial charge in [0.25, 0.3) is 15.9 Å². The van der Waals surface area contributed by atoms with Crippen molar-refractivity contribution < 1.29 is 12.9 Å². The van der Waals surface area contributed by atoms with E-state index in [2.05, 4.69) is 34.6 Å². The molecule has 7 nitrogen and oxygen atoms in total. The Hall–Kier alpha value is -1.52. The van der Waals surface area contributed by atoms with E-state index in [1.807, 2.05) is 0 Å². The summed E-state index contributed by atoms with van der Waals surface area (Å²) in [6, 6.07) is 4.77. The lowest BCUT2D eigenvalue weighted by molar-refractivity contribution is 0.430. The average molecular weight is 375 g/mol. The minimum atomic E-state index is -3.83. The maximum atomic E-state index is 12.4. The molecule has 3 aromatic rings. The van der Waals surface area contributed by atoms with Crippen LogP contribution in [0.5, 0.6) is 0 Å². The summed E-state index contributed by atoms with van der Waals surface area (Å²) < 4.78 is 40.5. The highest BCUT2D eigenvalue weighted by Gasteiger charge is 2.23. The first-order chi connectivity index (χ1) is 9.49. The Morgan fingerprint density at radius 3 is 2.85 bits per heavy atom. The molecular formula is C10H7BrN4O3S2. The van der Waals surface area contributed by atoms with E-state index >= 15 is 0 Å². The summed E-state index contributed by atoms with van der Waals surface area (Å²) in [5, 5.41) is 3.67. The van der Waals surface area contributed by atoms with Crippen molar-refractivity contribution in [2.75, 3.05) is 4.72 Å². The SMILES string of the molecule is Cc1noc(NS(=O)(=O)c2cccc3nsnc23)c1Br. The Balaban J connectivity index is 2.08. The number of aryl methyl sites for hydroxylation is 1. The van der Waals surface area contributed by atoms with Gasteiger partial charge in [-0.2, -0.15) is 8.75 Å². The normalized spacial score (nSPS) is 11.9. The Labute approximate surface area is 126 Å². The molecule has 0 aliphatic rings. The van der Waals surface area contributed by atoms with Gasteiger partial charge in [-0.25, -0.2) is 13.1 Å². The van der Waals surface area contributed by atoms with Crippen LogP contribution in [0.1, 0.15) is 5.69 Å². The van der Waals surface area contributed by atoms with Crippen LogP contribution in [0.3, 0.4) is 0 Å². The Kier molecular flexibility index (Phi) is 3.22. The number of hydrogen-bond donors (Lipinski definition) is 1. The molecule has 0 saturated carbocycles. The highest BCUT2D eigenvalue weighted by Crippen LogP contribution is 2.29. The molecular weight excluding hydrogens is 368 g/mol. The van der Waals surface area contributed by atoms with Crippen LogP contribution in [0.15, 0.2) is 32.1 Å². The van der Waals surface area contributed by atoms with Gasteiger partial charge in [-0.3, -0.25) is 0 Å². The van der Waals surface area contributed by atoms with Gasteiger partial charge in [0.15, 0.2) is 0 Å². The van der Waals surface area contributed by atoms with Gasteiger partial charge in [-0.15, -0.1) is 0 Å². The third-order valence-corrected chi connectivity index (χ3v) is 5.40. The van der Waals surface area contributed by atoms with Crippen LogP contribution < -0.4 is 4.72 Å². The number of hydrogen-bond acceptors (Lipinski definition) is 7. The molecule has 2 aromatic heterocycles. The predicted molar refractivity (Wildman–Crippen MR) is 77.2 cm³/mol. The first-order valence-corrected chi connectivity index (χ1v) is 8.35. The van der Waals surface area contributed by atoms with Crippen LogP contribution in [0.4, 0.5) is 5.88 Å². The van der Waals surface area contributed by atoms with E-state index in [-0.39, 0.29) is 10.8 Å². The molecule has 0 radical (unpaired) electrons. The van der Waals surface area contributed by atoms with Gasteiger partial charge in [0.2, 0.25) is 0 Å². The van der Waals surface area contributed by atoms with Crippen molar-refractivity contribution in [3.8, 4) is 0 Å². The zero-order valence-corrected chi connectivity index (χ0v) is 13.2. The van der Waals surface area contributed by atoms with E-state index in [9.17, 15) is 8.42 Å². The summed E-state index contributed by atoms with van der Waals surface area (Å²) in [4.78, 5) is 0.0460. The Bertz CT molecular complexity index is 887. The summed E-state index contributed by atoms with van der Waals surface area (Å²) in [6.45, 7) is 1.69. The summed E-state index contributed by atoms with van der Waals surface area (Å²) in [5.41, 5.74) is 1.42. The number of halogens is 1. The lowest BCUT2D eigenvalue weighted by atomic mass is 10.3. The predicted octanol–water partition coefficient (Wildman–Crippen LogP) is 2.55. The molecule has 2 heterocycles. The molecule has 0 aliphatic carbocycles. The van der Waals surface area contributed by atoms with Crippen LogP contribution in [0.2, 0.25) is 0 Å². The van der Waals surface area contributed by atoms with Gasteiger partial charge >= 0.3 is 0 Å². The topological polar surface area (TPSA) is 98.0 Å². The first-order valence-electron chi connectivity index (χ1n) is 5.35. The fourth-order valence-electron chi connectivity index (χ4n) is 1.60. The fraction of sp³-hybridized carbons (Fsp3) is 0.100. The highest BCUT2D eigenvalue weighted by atomic mass is 79.9. The minimum Gasteiger partial charge on any atom is -0.336 e. The number of benzene rings is 1. The number of fused-ring (bicyclic) bond motifs is 1. The summed E-state index contributed by atoms with van der Waals surface area (Å²) >= 11 is 4.17. The second kappa shape index (κ2) is 4.79. The lowest BCUT2D eigenvalue weighted by Crippen LogP contribution is -2.13. The van der Waals surface area contributed by atoms with E-state index in [1.165, 1.54) is 6.07 Å². The first kappa shape index (κ1) is 13.5. The average Bonchev–Trinajstić information content (AvgIpc) is 3.00. The van der Waals surface area contributed by atoms with E-state index in [0.29, 0.717) is 21.2 Å². The van der Waals surface area contributed by atoms with Crippen molar-refractivity contribution in [3.63, 3.8) is 0 Å². The largest absolute Gasteiger partial charge is 0.336 e. The van der Waals surface area contributed by atoms with Gasteiger partial charge in [0, 0.05) is 0 Å². The fourth-order valence-corrected chi connectivity index (χ4v) is 3.74. The zero-order chi connectivity index (χ0) is 14.3. The van der Waals surface area contributed by atoms with Crippen molar-refractivity contribution in [3.05, 3.63) is 28.4 Å². The van der Waals surface area contributed by atoms with Gasteiger partial charge in [-0.05, 0) is 35.0 Å². The van der Waals surface area contributed by atoms with Gasteiger partial charge in [0.05, 0.1) is 17.4 Å². The third-order valence-electron chi connectivity index (χ3n) is 2.56. The molecule has 0 atom stereocenters. The zero-order valence-electron chi connectivity index (χ0n) is 9.99. The van der Waals surface area contributed by atoms with Crippen LogP contribution in [0.25, 0.3) is 11.0 Å². The number of anilines is 1. The molecule has 20 heavy (non-hydrogen) atoms. The van der Waals surface area contributed by atoms with Crippen molar-refractivity contribution in [2.45, 2.75) is 11.8 Å². The Morgan fingerprint density at radius 1 is 1.35 bits per heavy atom. The Morgan fingerprint density at radius 2 is 2.15 bits per heavy atom. The monoisotopic (exact) mass is 374 g/mol.